The maximum absolute atomic E-state index is 9.77. The van der Waals surface area contributed by atoms with Gasteiger partial charge in [-0.05, 0) is 31.9 Å². The minimum atomic E-state index is -0.390. The quantitative estimate of drug-likeness (QED) is 0.902. The molecule has 4 nitrogen and oxygen atoms in total. The van der Waals surface area contributed by atoms with E-state index in [9.17, 15) is 5.11 Å². The molecule has 2 rings (SSSR count). The topological polar surface area (TPSA) is 39.6 Å². The van der Waals surface area contributed by atoms with E-state index >= 15 is 0 Å². The van der Waals surface area contributed by atoms with Gasteiger partial charge >= 0.3 is 0 Å². The zero-order chi connectivity index (χ0) is 13.8. The van der Waals surface area contributed by atoms with E-state index in [0.29, 0.717) is 6.04 Å². The number of piperazine rings is 1. The molecule has 1 aromatic rings. The molecule has 2 heterocycles. The van der Waals surface area contributed by atoms with Crippen molar-refractivity contribution in [1.82, 2.24) is 9.88 Å². The van der Waals surface area contributed by atoms with E-state index in [1.165, 1.54) is 0 Å². The molecule has 0 amide bonds. The third kappa shape index (κ3) is 3.45. The molecule has 0 radical (unpaired) electrons. The summed E-state index contributed by atoms with van der Waals surface area (Å²) in [6.45, 7) is 10.7. The number of aliphatic hydroxyl groups is 1. The van der Waals surface area contributed by atoms with Crippen LogP contribution in [0.25, 0.3) is 0 Å². The maximum atomic E-state index is 9.77. The molecule has 4 heteroatoms. The first kappa shape index (κ1) is 14.3. The van der Waals surface area contributed by atoms with Crippen molar-refractivity contribution in [3.63, 3.8) is 0 Å². The number of hydrogen-bond donors (Lipinski definition) is 1. The van der Waals surface area contributed by atoms with Crippen molar-refractivity contribution < 1.29 is 5.11 Å². The van der Waals surface area contributed by atoms with Gasteiger partial charge < -0.3 is 10.0 Å². The van der Waals surface area contributed by atoms with Crippen LogP contribution in [0.15, 0.2) is 18.3 Å². The lowest BCUT2D eigenvalue weighted by molar-refractivity contribution is 0.173. The van der Waals surface area contributed by atoms with E-state index in [2.05, 4.69) is 28.6 Å². The summed E-state index contributed by atoms with van der Waals surface area (Å²) < 4.78 is 0. The van der Waals surface area contributed by atoms with Gasteiger partial charge in [0.05, 0.1) is 6.10 Å². The standard InChI is InChI=1S/C15H25N3O/c1-4-14(19)13-5-6-15(16-11-13)18-9-7-17(8-10-18)12(2)3/h5-6,11-12,14,19H,4,7-10H2,1-3H3/t14-/m1/s1. The van der Waals surface area contributed by atoms with E-state index in [0.717, 1.165) is 44.0 Å². The SMILES string of the molecule is CC[C@@H](O)c1ccc(N2CCN(C(C)C)CC2)nc1. The van der Waals surface area contributed by atoms with Crippen LogP contribution in [0.5, 0.6) is 0 Å². The van der Waals surface area contributed by atoms with Crippen molar-refractivity contribution in [2.45, 2.75) is 39.3 Å². The summed E-state index contributed by atoms with van der Waals surface area (Å²) in [6.07, 6.45) is 2.14. The molecule has 1 N–H and O–H groups in total. The van der Waals surface area contributed by atoms with Crippen LogP contribution < -0.4 is 4.90 Å². The summed E-state index contributed by atoms with van der Waals surface area (Å²) in [5.74, 6) is 1.02. The van der Waals surface area contributed by atoms with Gasteiger partial charge in [-0.1, -0.05) is 13.0 Å². The Morgan fingerprint density at radius 2 is 1.89 bits per heavy atom. The molecule has 0 unspecified atom stereocenters. The molecular formula is C15H25N3O. The average Bonchev–Trinajstić information content (AvgIpc) is 2.46. The third-order valence-electron chi connectivity index (χ3n) is 3.91. The summed E-state index contributed by atoms with van der Waals surface area (Å²) in [7, 11) is 0. The monoisotopic (exact) mass is 263 g/mol. The molecule has 0 aromatic carbocycles. The number of aliphatic hydroxyl groups excluding tert-OH is 1. The summed E-state index contributed by atoms with van der Waals surface area (Å²) >= 11 is 0. The molecule has 0 aliphatic carbocycles. The highest BCUT2D eigenvalue weighted by atomic mass is 16.3. The first-order valence-corrected chi connectivity index (χ1v) is 7.24. The Kier molecular flexibility index (Phi) is 4.77. The lowest BCUT2D eigenvalue weighted by atomic mass is 10.1. The zero-order valence-electron chi connectivity index (χ0n) is 12.2. The van der Waals surface area contributed by atoms with Gasteiger partial charge in [0.25, 0.3) is 0 Å². The molecule has 1 atom stereocenters. The molecule has 106 valence electrons. The molecule has 1 fully saturated rings. The highest BCUT2D eigenvalue weighted by molar-refractivity contribution is 5.40. The molecule has 1 saturated heterocycles. The number of rotatable bonds is 4. The second kappa shape index (κ2) is 6.35. The van der Waals surface area contributed by atoms with Gasteiger partial charge in [-0.25, -0.2) is 4.98 Å². The van der Waals surface area contributed by atoms with Crippen molar-refractivity contribution in [2.24, 2.45) is 0 Å². The Morgan fingerprint density at radius 3 is 2.37 bits per heavy atom. The van der Waals surface area contributed by atoms with Crippen molar-refractivity contribution in [1.29, 1.82) is 0 Å². The van der Waals surface area contributed by atoms with Gasteiger partial charge in [0.15, 0.2) is 0 Å². The first-order valence-electron chi connectivity index (χ1n) is 7.24. The van der Waals surface area contributed by atoms with Gasteiger partial charge in [-0.15, -0.1) is 0 Å². The van der Waals surface area contributed by atoms with Crippen molar-refractivity contribution in [2.75, 3.05) is 31.1 Å². The molecule has 0 saturated carbocycles. The Morgan fingerprint density at radius 1 is 1.21 bits per heavy atom. The number of anilines is 1. The fourth-order valence-electron chi connectivity index (χ4n) is 2.48. The van der Waals surface area contributed by atoms with E-state index in [1.54, 1.807) is 6.20 Å². The fourth-order valence-corrected chi connectivity index (χ4v) is 2.48. The van der Waals surface area contributed by atoms with Crippen LogP contribution >= 0.6 is 0 Å². The van der Waals surface area contributed by atoms with Gasteiger partial charge in [0.1, 0.15) is 5.82 Å². The van der Waals surface area contributed by atoms with Crippen molar-refractivity contribution in [3.05, 3.63) is 23.9 Å². The van der Waals surface area contributed by atoms with Crippen LogP contribution in [0.4, 0.5) is 5.82 Å². The zero-order valence-corrected chi connectivity index (χ0v) is 12.2. The number of nitrogens with zero attached hydrogens (tertiary/aromatic N) is 3. The Hall–Kier alpha value is -1.13. The fraction of sp³-hybridized carbons (Fsp3) is 0.667. The van der Waals surface area contributed by atoms with Crippen LogP contribution in [0.1, 0.15) is 38.9 Å². The molecule has 1 aliphatic rings. The summed E-state index contributed by atoms with van der Waals surface area (Å²) in [4.78, 5) is 9.30. The molecular weight excluding hydrogens is 238 g/mol. The number of aromatic nitrogens is 1. The van der Waals surface area contributed by atoms with E-state index in [4.69, 9.17) is 0 Å². The maximum Gasteiger partial charge on any atom is 0.128 e. The number of pyridine rings is 1. The summed E-state index contributed by atoms with van der Waals surface area (Å²) in [5.41, 5.74) is 0.909. The number of hydrogen-bond acceptors (Lipinski definition) is 4. The second-order valence-electron chi connectivity index (χ2n) is 5.49. The highest BCUT2D eigenvalue weighted by Gasteiger charge is 2.19. The Labute approximate surface area is 116 Å². The average molecular weight is 263 g/mol. The van der Waals surface area contributed by atoms with Crippen LogP contribution in [-0.4, -0.2) is 47.2 Å². The molecule has 19 heavy (non-hydrogen) atoms. The van der Waals surface area contributed by atoms with E-state index in [-0.39, 0.29) is 6.10 Å². The van der Waals surface area contributed by atoms with Crippen LogP contribution in [0.3, 0.4) is 0 Å². The molecule has 0 spiro atoms. The van der Waals surface area contributed by atoms with Crippen molar-refractivity contribution >= 4 is 5.82 Å². The summed E-state index contributed by atoms with van der Waals surface area (Å²) in [6, 6.07) is 4.64. The van der Waals surface area contributed by atoms with Gasteiger partial charge in [-0.2, -0.15) is 0 Å². The summed E-state index contributed by atoms with van der Waals surface area (Å²) in [5, 5.41) is 9.77. The smallest absolute Gasteiger partial charge is 0.128 e. The largest absolute Gasteiger partial charge is 0.388 e. The molecule has 0 bridgehead atoms. The Bertz CT molecular complexity index is 383. The first-order chi connectivity index (χ1) is 9.11. The minimum Gasteiger partial charge on any atom is -0.388 e. The second-order valence-corrected chi connectivity index (χ2v) is 5.49. The highest BCUT2D eigenvalue weighted by Crippen LogP contribution is 2.19. The van der Waals surface area contributed by atoms with Gasteiger partial charge in [0, 0.05) is 38.4 Å². The normalized spacial score (nSPS) is 18.9. The Balaban J connectivity index is 1.96. The van der Waals surface area contributed by atoms with Gasteiger partial charge in [0.2, 0.25) is 0 Å². The predicted octanol–water partition coefficient (Wildman–Crippen LogP) is 2.06. The predicted molar refractivity (Wildman–Crippen MR) is 78.4 cm³/mol. The van der Waals surface area contributed by atoms with Crippen LogP contribution in [0.2, 0.25) is 0 Å². The molecule has 1 aliphatic heterocycles. The lowest BCUT2D eigenvalue weighted by Gasteiger charge is -2.37. The van der Waals surface area contributed by atoms with E-state index in [1.807, 2.05) is 19.1 Å². The van der Waals surface area contributed by atoms with Gasteiger partial charge in [-0.3, -0.25) is 4.90 Å². The lowest BCUT2D eigenvalue weighted by Crippen LogP contribution is -2.49. The van der Waals surface area contributed by atoms with Crippen LogP contribution in [-0.2, 0) is 0 Å². The third-order valence-corrected chi connectivity index (χ3v) is 3.91. The van der Waals surface area contributed by atoms with Crippen LogP contribution in [0, 0.1) is 0 Å². The van der Waals surface area contributed by atoms with Crippen molar-refractivity contribution in [3.8, 4) is 0 Å². The minimum absolute atomic E-state index is 0.390. The molecule has 1 aromatic heterocycles. The van der Waals surface area contributed by atoms with E-state index < -0.39 is 0 Å².